The normalized spacial score (nSPS) is 14.2. The van der Waals surface area contributed by atoms with Crippen molar-refractivity contribution in [2.24, 2.45) is 5.41 Å². The first-order valence-corrected chi connectivity index (χ1v) is 20.5. The summed E-state index contributed by atoms with van der Waals surface area (Å²) in [6.45, 7) is 14.3. The quantitative estimate of drug-likeness (QED) is 0.123. The molecule has 0 bridgehead atoms. The second-order valence-electron chi connectivity index (χ2n) is 15.0. The minimum absolute atomic E-state index is 0. The molecule has 0 aliphatic carbocycles. The van der Waals surface area contributed by atoms with E-state index in [0.29, 0.717) is 22.4 Å². The van der Waals surface area contributed by atoms with Gasteiger partial charge in [-0.2, -0.15) is 0 Å². The Labute approximate surface area is 327 Å². The first kappa shape index (κ1) is 30.5. The first-order valence-electron chi connectivity index (χ1n) is 20.0. The second kappa shape index (κ2) is 15.6. The zero-order valence-corrected chi connectivity index (χ0v) is 33.9. The molecule has 0 saturated carbocycles. The molecule has 5 heteroatoms. The van der Waals surface area contributed by atoms with Gasteiger partial charge in [-0.05, 0) is 58.5 Å². The number of nitrogens with zero attached hydrogens (tertiary/aromatic N) is 2. The number of rotatable bonds is 6. The topological polar surface area (TPSA) is 38.9 Å². The van der Waals surface area contributed by atoms with E-state index >= 15 is 0 Å². The summed E-state index contributed by atoms with van der Waals surface area (Å²) in [5, 5.41) is 3.24. The molecule has 51 heavy (non-hydrogen) atoms. The van der Waals surface area contributed by atoms with Gasteiger partial charge >= 0.3 is 0 Å². The van der Waals surface area contributed by atoms with E-state index in [4.69, 9.17) is 12.6 Å². The molecule has 3 nitrogen and oxygen atoms in total. The van der Waals surface area contributed by atoms with Crippen molar-refractivity contribution in [1.29, 1.82) is 0 Å². The molecule has 263 valence electrons. The van der Waals surface area contributed by atoms with Crippen molar-refractivity contribution >= 4 is 35.2 Å². The molecule has 0 unspecified atom stereocenters. The molecular formula is C46H48IrN2OSi-2. The van der Waals surface area contributed by atoms with Crippen LogP contribution in [0.25, 0.3) is 55.6 Å². The van der Waals surface area contributed by atoms with E-state index in [2.05, 4.69) is 53.9 Å². The van der Waals surface area contributed by atoms with Gasteiger partial charge in [0.15, 0.2) is 0 Å². The van der Waals surface area contributed by atoms with Crippen LogP contribution in [-0.4, -0.2) is 18.0 Å². The van der Waals surface area contributed by atoms with Crippen molar-refractivity contribution in [3.63, 3.8) is 0 Å². The van der Waals surface area contributed by atoms with E-state index < -0.39 is 32.6 Å². The fraction of sp³-hybridized carbons (Fsp3) is 0.261. The maximum Gasteiger partial charge on any atom is 0.121 e. The molecular weight excluding hydrogens is 817 g/mol. The zero-order valence-electron chi connectivity index (χ0n) is 36.5. The Balaban J connectivity index is 0.000000251. The molecule has 1 radical (unpaired) electrons. The van der Waals surface area contributed by atoms with Gasteiger partial charge in [0.05, 0.1) is 13.7 Å². The monoisotopic (exact) mass is 871 g/mol. The predicted octanol–water partition coefficient (Wildman–Crippen LogP) is 12.2. The van der Waals surface area contributed by atoms with Gasteiger partial charge in [-0.15, -0.1) is 59.2 Å². The maximum absolute atomic E-state index is 8.61. The molecule has 0 amide bonds. The Morgan fingerprint density at radius 2 is 1.53 bits per heavy atom. The van der Waals surface area contributed by atoms with Gasteiger partial charge < -0.3 is 14.4 Å². The molecule has 3 aromatic heterocycles. The van der Waals surface area contributed by atoms with E-state index in [0.717, 1.165) is 49.9 Å². The van der Waals surface area contributed by atoms with Crippen LogP contribution >= 0.6 is 0 Å². The van der Waals surface area contributed by atoms with Gasteiger partial charge in [0.1, 0.15) is 5.58 Å². The number of hydrogen-bond acceptors (Lipinski definition) is 3. The van der Waals surface area contributed by atoms with Crippen LogP contribution in [0.1, 0.15) is 65.4 Å². The van der Waals surface area contributed by atoms with Crippen molar-refractivity contribution in [1.82, 2.24) is 9.97 Å². The molecule has 7 rings (SSSR count). The summed E-state index contributed by atoms with van der Waals surface area (Å²) in [6, 6.07) is 36.8. The molecule has 0 fully saturated rings. The van der Waals surface area contributed by atoms with Gasteiger partial charge in [-0.1, -0.05) is 131 Å². The van der Waals surface area contributed by atoms with Crippen molar-refractivity contribution in [3.05, 3.63) is 138 Å². The summed E-state index contributed by atoms with van der Waals surface area (Å²) < 4.78 is 54.0. The standard InChI is InChI=1S/C29H26NO.C17H22NSi.Ir/c1-19-5-7-21(8-6-19)22-9-11-24-25-16-23(10-12-27(25)31-28(24)17-22)26-15-20(13-14-30-26)18-29(2,3)4;1-13(2)14-6-8-15(9-7-14)17-11-10-16(12-18-17)19(3,4)5;/h5-9,11-17H,18H2,1-4H3;6-8,10-13H,1-5H3;/q2*-1;/i1D3,18D2;13D;. The predicted molar refractivity (Wildman–Crippen MR) is 215 cm³/mol. The summed E-state index contributed by atoms with van der Waals surface area (Å²) in [7, 11) is -1.29. The second-order valence-corrected chi connectivity index (χ2v) is 20.1. The molecule has 3 heterocycles. The van der Waals surface area contributed by atoms with Gasteiger partial charge in [-0.3, -0.25) is 0 Å². The van der Waals surface area contributed by atoms with Crippen LogP contribution in [0.2, 0.25) is 19.6 Å². The summed E-state index contributed by atoms with van der Waals surface area (Å²) >= 11 is 0. The molecule has 7 aromatic rings. The molecule has 0 spiro atoms. The fourth-order valence-corrected chi connectivity index (χ4v) is 6.73. The molecule has 0 aliphatic heterocycles. The van der Waals surface area contributed by atoms with Crippen LogP contribution in [0, 0.1) is 24.4 Å². The number of benzene rings is 4. The van der Waals surface area contributed by atoms with E-state index in [-0.39, 0.29) is 20.1 Å². The molecule has 0 atom stereocenters. The van der Waals surface area contributed by atoms with Gasteiger partial charge in [0.2, 0.25) is 0 Å². The van der Waals surface area contributed by atoms with E-state index in [9.17, 15) is 0 Å². The number of hydrogen-bond donors (Lipinski definition) is 0. The van der Waals surface area contributed by atoms with Crippen molar-refractivity contribution in [2.75, 3.05) is 0 Å². The largest absolute Gasteiger partial charge is 0.500 e. The fourth-order valence-electron chi connectivity index (χ4n) is 5.69. The number of fused-ring (bicyclic) bond motifs is 3. The molecule has 0 N–H and O–H groups in total. The van der Waals surface area contributed by atoms with Gasteiger partial charge in [-0.25, -0.2) is 0 Å². The van der Waals surface area contributed by atoms with Gasteiger partial charge in [0, 0.05) is 46.1 Å². The molecule has 0 saturated heterocycles. The Kier molecular flexibility index (Phi) is 9.33. The van der Waals surface area contributed by atoms with Crippen LogP contribution < -0.4 is 5.19 Å². The van der Waals surface area contributed by atoms with E-state index in [1.807, 2.05) is 95.4 Å². The third kappa shape index (κ3) is 9.40. The minimum atomic E-state index is -2.13. The summed E-state index contributed by atoms with van der Waals surface area (Å²) in [6.07, 6.45) is 2.12. The van der Waals surface area contributed by atoms with Crippen LogP contribution in [0.4, 0.5) is 0 Å². The number of pyridine rings is 2. The van der Waals surface area contributed by atoms with Crippen molar-refractivity contribution < 1.29 is 32.7 Å². The van der Waals surface area contributed by atoms with Crippen molar-refractivity contribution in [3.8, 4) is 33.6 Å². The SMILES string of the molecule is [2H]C(C)(C)c1c[c-]c(-c2ccc([Si](C)(C)C)cn2)cc1.[2H]C([2H])([2H])c1ccc(-c2ccc3c(c2)oc2c[c-]c(-c4cc(C([2H])([2H])C(C)(C)C)ccn4)cc23)cc1.[Ir]. The zero-order chi connectivity index (χ0) is 40.8. The number of aromatic nitrogens is 2. The number of furan rings is 1. The molecule has 4 aromatic carbocycles. The first-order chi connectivity index (χ1) is 26.0. The average Bonchev–Trinajstić information content (AvgIpc) is 3.51. The molecule has 0 aliphatic rings. The van der Waals surface area contributed by atoms with Crippen LogP contribution in [0.15, 0.2) is 114 Å². The van der Waals surface area contributed by atoms with Crippen LogP contribution in [0.5, 0.6) is 0 Å². The third-order valence-electron chi connectivity index (χ3n) is 8.47. The van der Waals surface area contributed by atoms with Gasteiger partial charge in [0.25, 0.3) is 0 Å². The minimum Gasteiger partial charge on any atom is -0.500 e. The summed E-state index contributed by atoms with van der Waals surface area (Å²) in [5.74, 6) is -0.579. The summed E-state index contributed by atoms with van der Waals surface area (Å²) in [4.78, 5) is 9.05. The van der Waals surface area contributed by atoms with E-state index in [1.165, 1.54) is 5.19 Å². The van der Waals surface area contributed by atoms with Crippen LogP contribution in [0.3, 0.4) is 0 Å². The Bertz CT molecular complexity index is 2420. The third-order valence-corrected chi connectivity index (χ3v) is 10.5. The van der Waals surface area contributed by atoms with E-state index in [1.54, 1.807) is 36.5 Å². The van der Waals surface area contributed by atoms with Crippen LogP contribution in [-0.2, 0) is 26.5 Å². The average molecular weight is 871 g/mol. The smallest absolute Gasteiger partial charge is 0.121 e. The Hall–Kier alpha value is -4.15. The maximum atomic E-state index is 8.61. The summed E-state index contributed by atoms with van der Waals surface area (Å²) in [5.41, 5.74) is 7.92. The Morgan fingerprint density at radius 3 is 2.16 bits per heavy atom. The Morgan fingerprint density at radius 1 is 0.784 bits per heavy atom. The van der Waals surface area contributed by atoms with Crippen molar-refractivity contribution in [2.45, 2.75) is 73.4 Å². The number of aryl methyl sites for hydroxylation is 1.